The van der Waals surface area contributed by atoms with E-state index in [1.54, 1.807) is 29.2 Å². The zero-order chi connectivity index (χ0) is 21.3. The van der Waals surface area contributed by atoms with Crippen molar-refractivity contribution in [3.8, 4) is 0 Å². The molecule has 1 aromatic carbocycles. The fourth-order valence-electron chi connectivity index (χ4n) is 3.72. The van der Waals surface area contributed by atoms with Crippen molar-refractivity contribution in [3.05, 3.63) is 53.3 Å². The average Bonchev–Trinajstić information content (AvgIpc) is 2.99. The third kappa shape index (κ3) is 4.00. The second kappa shape index (κ2) is 8.02. The van der Waals surface area contributed by atoms with E-state index in [0.29, 0.717) is 56.8 Å². The van der Waals surface area contributed by atoms with E-state index in [0.717, 1.165) is 12.3 Å². The van der Waals surface area contributed by atoms with Crippen molar-refractivity contribution in [2.45, 2.75) is 12.6 Å². The van der Waals surface area contributed by atoms with Crippen molar-refractivity contribution in [1.82, 2.24) is 19.8 Å². The largest absolute Gasteiger partial charge is 0.433 e. The standard InChI is InChI=1S/C20H20F3N5O2/c21-20(22,23)16-6-7-24-19(25-16)27-12-10-26(11-13-27)8-3-9-28-17(29)14-4-1-2-5-15(14)18(28)30/h1-2,4-7H,3,8-13H2. The summed E-state index contributed by atoms with van der Waals surface area (Å²) in [6, 6.07) is 7.65. The smallest absolute Gasteiger partial charge is 0.338 e. The Morgan fingerprint density at radius 3 is 2.13 bits per heavy atom. The van der Waals surface area contributed by atoms with Gasteiger partial charge in [-0.05, 0) is 31.2 Å². The minimum Gasteiger partial charge on any atom is -0.338 e. The predicted molar refractivity (Wildman–Crippen MR) is 102 cm³/mol. The molecule has 0 N–H and O–H groups in total. The van der Waals surface area contributed by atoms with Crippen LogP contribution in [0.1, 0.15) is 32.8 Å². The molecular weight excluding hydrogens is 399 g/mol. The zero-order valence-corrected chi connectivity index (χ0v) is 16.1. The lowest BCUT2D eigenvalue weighted by Crippen LogP contribution is -2.47. The lowest BCUT2D eigenvalue weighted by Gasteiger charge is -2.35. The van der Waals surface area contributed by atoms with Crippen LogP contribution in [0.3, 0.4) is 0 Å². The maximum Gasteiger partial charge on any atom is 0.433 e. The number of alkyl halides is 3. The van der Waals surface area contributed by atoms with E-state index in [1.165, 1.54) is 4.90 Å². The molecule has 10 heteroatoms. The Bertz CT molecular complexity index is 922. The molecule has 30 heavy (non-hydrogen) atoms. The molecule has 2 aliphatic heterocycles. The van der Waals surface area contributed by atoms with Crippen LogP contribution in [-0.2, 0) is 6.18 Å². The lowest BCUT2D eigenvalue weighted by molar-refractivity contribution is -0.141. The van der Waals surface area contributed by atoms with Crippen LogP contribution in [0.2, 0.25) is 0 Å². The normalized spacial score (nSPS) is 17.6. The topological polar surface area (TPSA) is 69.6 Å². The Morgan fingerprint density at radius 2 is 1.53 bits per heavy atom. The molecule has 1 saturated heterocycles. The summed E-state index contributed by atoms with van der Waals surface area (Å²) in [6.45, 7) is 3.32. The number of nitrogens with zero attached hydrogens (tertiary/aromatic N) is 5. The third-order valence-electron chi connectivity index (χ3n) is 5.32. The second-order valence-corrected chi connectivity index (χ2v) is 7.23. The van der Waals surface area contributed by atoms with Crippen LogP contribution < -0.4 is 4.90 Å². The van der Waals surface area contributed by atoms with Gasteiger partial charge in [-0.25, -0.2) is 9.97 Å². The maximum absolute atomic E-state index is 12.8. The molecule has 0 spiro atoms. The molecule has 0 atom stereocenters. The van der Waals surface area contributed by atoms with Gasteiger partial charge in [0.1, 0.15) is 5.69 Å². The van der Waals surface area contributed by atoms with Gasteiger partial charge in [-0.15, -0.1) is 0 Å². The van der Waals surface area contributed by atoms with E-state index in [1.807, 2.05) is 0 Å². The van der Waals surface area contributed by atoms with Crippen LogP contribution >= 0.6 is 0 Å². The number of carbonyl (C=O) groups excluding carboxylic acids is 2. The van der Waals surface area contributed by atoms with Crippen molar-refractivity contribution in [3.63, 3.8) is 0 Å². The van der Waals surface area contributed by atoms with E-state index in [4.69, 9.17) is 0 Å². The van der Waals surface area contributed by atoms with Gasteiger partial charge in [-0.1, -0.05) is 12.1 Å². The lowest BCUT2D eigenvalue weighted by atomic mass is 10.1. The molecular formula is C20H20F3N5O2. The highest BCUT2D eigenvalue weighted by molar-refractivity contribution is 6.21. The molecule has 2 amide bonds. The van der Waals surface area contributed by atoms with Gasteiger partial charge >= 0.3 is 6.18 Å². The summed E-state index contributed by atoms with van der Waals surface area (Å²) in [5.74, 6) is -0.445. The SMILES string of the molecule is O=C1c2ccccc2C(=O)N1CCCN1CCN(c2nccc(C(F)(F)F)n2)CC1. The average molecular weight is 419 g/mol. The fourth-order valence-corrected chi connectivity index (χ4v) is 3.72. The van der Waals surface area contributed by atoms with Crippen LogP contribution in [-0.4, -0.2) is 70.9 Å². The fraction of sp³-hybridized carbons (Fsp3) is 0.400. The summed E-state index contributed by atoms with van der Waals surface area (Å²) in [7, 11) is 0. The van der Waals surface area contributed by atoms with E-state index < -0.39 is 11.9 Å². The second-order valence-electron chi connectivity index (χ2n) is 7.23. The summed E-state index contributed by atoms with van der Waals surface area (Å²) < 4.78 is 38.5. The molecule has 0 bridgehead atoms. The number of hydrogen-bond acceptors (Lipinski definition) is 6. The van der Waals surface area contributed by atoms with Gasteiger partial charge in [-0.3, -0.25) is 19.4 Å². The number of halogens is 3. The number of hydrogen-bond donors (Lipinski definition) is 0. The molecule has 0 aliphatic carbocycles. The summed E-state index contributed by atoms with van der Waals surface area (Å²) in [6.07, 6.45) is -2.74. The first-order valence-electron chi connectivity index (χ1n) is 9.67. The van der Waals surface area contributed by atoms with Crippen molar-refractivity contribution in [2.75, 3.05) is 44.2 Å². The highest BCUT2D eigenvalue weighted by Crippen LogP contribution is 2.28. The number of carbonyl (C=O) groups is 2. The number of anilines is 1. The van der Waals surface area contributed by atoms with Gasteiger partial charge in [-0.2, -0.15) is 13.2 Å². The first kappa shape index (κ1) is 20.3. The minimum atomic E-state index is -4.50. The predicted octanol–water partition coefficient (Wildman–Crippen LogP) is 2.30. The first-order chi connectivity index (χ1) is 14.3. The van der Waals surface area contributed by atoms with Gasteiger partial charge in [0.15, 0.2) is 0 Å². The Morgan fingerprint density at radius 1 is 0.900 bits per heavy atom. The Balaban J connectivity index is 1.26. The van der Waals surface area contributed by atoms with Gasteiger partial charge in [0.05, 0.1) is 11.1 Å². The Labute approximate surface area is 171 Å². The van der Waals surface area contributed by atoms with Crippen molar-refractivity contribution in [2.24, 2.45) is 0 Å². The molecule has 0 radical (unpaired) electrons. The summed E-state index contributed by atoms with van der Waals surface area (Å²) >= 11 is 0. The number of aromatic nitrogens is 2. The van der Waals surface area contributed by atoms with Gasteiger partial charge in [0, 0.05) is 38.9 Å². The molecule has 4 rings (SSSR count). The maximum atomic E-state index is 12.8. The van der Waals surface area contributed by atoms with Crippen molar-refractivity contribution >= 4 is 17.8 Å². The number of rotatable bonds is 5. The Hall–Kier alpha value is -3.01. The molecule has 1 fully saturated rings. The van der Waals surface area contributed by atoms with Crippen LogP contribution in [0.25, 0.3) is 0 Å². The van der Waals surface area contributed by atoms with E-state index in [2.05, 4.69) is 14.9 Å². The van der Waals surface area contributed by atoms with E-state index in [-0.39, 0.29) is 17.8 Å². The number of benzene rings is 1. The van der Waals surface area contributed by atoms with Crippen LogP contribution in [0.5, 0.6) is 0 Å². The van der Waals surface area contributed by atoms with E-state index >= 15 is 0 Å². The van der Waals surface area contributed by atoms with Gasteiger partial charge < -0.3 is 4.90 Å². The quantitative estimate of drug-likeness (QED) is 0.693. The highest BCUT2D eigenvalue weighted by atomic mass is 19.4. The zero-order valence-electron chi connectivity index (χ0n) is 16.1. The number of amides is 2. The molecule has 2 aliphatic rings. The number of piperazine rings is 1. The van der Waals surface area contributed by atoms with Crippen LogP contribution in [0.4, 0.5) is 19.1 Å². The summed E-state index contributed by atoms with van der Waals surface area (Å²) in [5.41, 5.74) is -0.0646. The molecule has 1 aromatic heterocycles. The van der Waals surface area contributed by atoms with Crippen molar-refractivity contribution < 1.29 is 22.8 Å². The number of imide groups is 1. The molecule has 0 saturated carbocycles. The summed E-state index contributed by atoms with van der Waals surface area (Å²) in [5, 5.41) is 0. The van der Waals surface area contributed by atoms with E-state index in [9.17, 15) is 22.8 Å². The molecule has 158 valence electrons. The number of fused-ring (bicyclic) bond motifs is 1. The first-order valence-corrected chi connectivity index (χ1v) is 9.67. The summed E-state index contributed by atoms with van der Waals surface area (Å²) in [4.78, 5) is 37.5. The molecule has 0 unspecified atom stereocenters. The monoisotopic (exact) mass is 419 g/mol. The minimum absolute atomic E-state index is 0.0792. The third-order valence-corrected chi connectivity index (χ3v) is 5.32. The van der Waals surface area contributed by atoms with Gasteiger partial charge in [0.25, 0.3) is 11.8 Å². The van der Waals surface area contributed by atoms with Gasteiger partial charge in [0.2, 0.25) is 5.95 Å². The molecule has 2 aromatic rings. The van der Waals surface area contributed by atoms with Crippen LogP contribution in [0, 0.1) is 0 Å². The van der Waals surface area contributed by atoms with Crippen LogP contribution in [0.15, 0.2) is 36.5 Å². The Kier molecular flexibility index (Phi) is 5.42. The molecule has 3 heterocycles. The molecule has 7 nitrogen and oxygen atoms in total. The highest BCUT2D eigenvalue weighted by Gasteiger charge is 2.35. The van der Waals surface area contributed by atoms with Crippen molar-refractivity contribution in [1.29, 1.82) is 0 Å².